The number of aryl methyl sites for hydroxylation is 1. The van der Waals surface area contributed by atoms with Crippen LogP contribution in [0.1, 0.15) is 24.0 Å². The smallest absolute Gasteiger partial charge is 0.310 e. The maximum absolute atomic E-state index is 10.8. The maximum Gasteiger partial charge on any atom is 0.310 e. The van der Waals surface area contributed by atoms with Crippen molar-refractivity contribution >= 4 is 11.6 Å². The van der Waals surface area contributed by atoms with Crippen molar-refractivity contribution in [1.29, 1.82) is 0 Å². The molecule has 0 aliphatic rings. The summed E-state index contributed by atoms with van der Waals surface area (Å²) in [5.41, 5.74) is 2.23. The quantitative estimate of drug-likeness (QED) is 0.800. The van der Waals surface area contributed by atoms with Gasteiger partial charge in [0.15, 0.2) is 5.65 Å². The van der Waals surface area contributed by atoms with Gasteiger partial charge in [0.2, 0.25) is 0 Å². The van der Waals surface area contributed by atoms with Crippen LogP contribution in [0.3, 0.4) is 0 Å². The van der Waals surface area contributed by atoms with Gasteiger partial charge in [0.1, 0.15) is 0 Å². The molecule has 78 valence electrons. The average Bonchev–Trinajstić information content (AvgIpc) is 2.59. The van der Waals surface area contributed by atoms with Gasteiger partial charge in [-0.1, -0.05) is 0 Å². The highest BCUT2D eigenvalue weighted by Gasteiger charge is 2.18. The fourth-order valence-electron chi connectivity index (χ4n) is 1.42. The van der Waals surface area contributed by atoms with E-state index in [-0.39, 0.29) is 0 Å². The van der Waals surface area contributed by atoms with E-state index < -0.39 is 11.9 Å². The van der Waals surface area contributed by atoms with Crippen molar-refractivity contribution < 1.29 is 9.90 Å². The molecule has 0 amide bonds. The molecule has 5 heteroatoms. The third-order valence-corrected chi connectivity index (χ3v) is 2.35. The highest BCUT2D eigenvalue weighted by atomic mass is 16.4. The van der Waals surface area contributed by atoms with E-state index in [1.54, 1.807) is 23.8 Å². The number of hydrogen-bond donors (Lipinski definition) is 1. The summed E-state index contributed by atoms with van der Waals surface area (Å²) in [7, 11) is 0. The molecule has 0 aliphatic carbocycles. The summed E-state index contributed by atoms with van der Waals surface area (Å²) in [5.74, 6) is -1.45. The van der Waals surface area contributed by atoms with Crippen LogP contribution < -0.4 is 0 Å². The molecule has 0 bridgehead atoms. The van der Waals surface area contributed by atoms with Gasteiger partial charge < -0.3 is 5.11 Å². The topological polar surface area (TPSA) is 67.5 Å². The van der Waals surface area contributed by atoms with E-state index in [4.69, 9.17) is 5.11 Å². The van der Waals surface area contributed by atoms with Crippen LogP contribution in [0, 0.1) is 6.92 Å². The van der Waals surface area contributed by atoms with Crippen molar-refractivity contribution in [2.24, 2.45) is 0 Å². The van der Waals surface area contributed by atoms with E-state index in [1.807, 2.05) is 13.1 Å². The minimum atomic E-state index is -0.868. The summed E-state index contributed by atoms with van der Waals surface area (Å²) < 4.78 is 1.60. The first kappa shape index (κ1) is 9.64. The lowest BCUT2D eigenvalue weighted by atomic mass is 10.1. The van der Waals surface area contributed by atoms with Gasteiger partial charge >= 0.3 is 5.97 Å². The molecule has 0 spiro atoms. The predicted octanol–water partition coefficient (Wildman–Crippen LogP) is 1.23. The minimum Gasteiger partial charge on any atom is -0.481 e. The van der Waals surface area contributed by atoms with Crippen molar-refractivity contribution in [3.8, 4) is 0 Å². The minimum absolute atomic E-state index is 0.585. The maximum atomic E-state index is 10.8. The van der Waals surface area contributed by atoms with E-state index >= 15 is 0 Å². The molecule has 0 saturated heterocycles. The Bertz CT molecular complexity index is 518. The fraction of sp³-hybridized carbons (Fsp3) is 0.300. The molecule has 2 aromatic rings. The van der Waals surface area contributed by atoms with Gasteiger partial charge in [-0.2, -0.15) is 5.10 Å². The molecule has 2 aromatic heterocycles. The predicted molar refractivity (Wildman–Crippen MR) is 53.8 cm³/mol. The highest BCUT2D eigenvalue weighted by molar-refractivity contribution is 5.78. The van der Waals surface area contributed by atoms with Crippen molar-refractivity contribution in [3.63, 3.8) is 0 Å². The SMILES string of the molecule is Cc1cnc2c(C(C)C(=O)O)cnn2c1. The Kier molecular flexibility index (Phi) is 2.15. The number of rotatable bonds is 2. The highest BCUT2D eigenvalue weighted by Crippen LogP contribution is 2.19. The Labute approximate surface area is 86.4 Å². The lowest BCUT2D eigenvalue weighted by Gasteiger charge is -2.02. The van der Waals surface area contributed by atoms with E-state index in [0.29, 0.717) is 11.2 Å². The molecule has 0 saturated carbocycles. The van der Waals surface area contributed by atoms with Crippen molar-refractivity contribution in [2.75, 3.05) is 0 Å². The molecule has 15 heavy (non-hydrogen) atoms. The summed E-state index contributed by atoms with van der Waals surface area (Å²) in [5, 5.41) is 13.0. The number of aliphatic carboxylic acids is 1. The van der Waals surface area contributed by atoms with Gasteiger partial charge in [-0.05, 0) is 19.4 Å². The van der Waals surface area contributed by atoms with E-state index in [2.05, 4.69) is 10.1 Å². The van der Waals surface area contributed by atoms with E-state index in [0.717, 1.165) is 5.56 Å². The van der Waals surface area contributed by atoms with Gasteiger partial charge in [-0.3, -0.25) is 4.79 Å². The first-order valence-electron chi connectivity index (χ1n) is 4.62. The zero-order chi connectivity index (χ0) is 11.0. The zero-order valence-corrected chi connectivity index (χ0v) is 8.51. The van der Waals surface area contributed by atoms with Crippen LogP contribution in [0.25, 0.3) is 5.65 Å². The second kappa shape index (κ2) is 3.34. The molecule has 0 radical (unpaired) electrons. The number of fused-ring (bicyclic) bond motifs is 1. The monoisotopic (exact) mass is 205 g/mol. The average molecular weight is 205 g/mol. The van der Waals surface area contributed by atoms with Gasteiger partial charge in [0.25, 0.3) is 0 Å². The van der Waals surface area contributed by atoms with Gasteiger partial charge in [0.05, 0.1) is 12.1 Å². The second-order valence-corrected chi connectivity index (χ2v) is 3.56. The van der Waals surface area contributed by atoms with Crippen LogP contribution in [0.2, 0.25) is 0 Å². The molecule has 0 fully saturated rings. The summed E-state index contributed by atoms with van der Waals surface area (Å²) >= 11 is 0. The normalized spacial score (nSPS) is 12.9. The van der Waals surface area contributed by atoms with Crippen molar-refractivity contribution in [3.05, 3.63) is 29.7 Å². The number of carboxylic acid groups (broad SMARTS) is 1. The van der Waals surface area contributed by atoms with Crippen LogP contribution in [0.5, 0.6) is 0 Å². The summed E-state index contributed by atoms with van der Waals surface area (Å²) in [4.78, 5) is 15.0. The molecule has 1 atom stereocenters. The Morgan fingerprint density at radius 2 is 2.27 bits per heavy atom. The number of aromatic nitrogens is 3. The number of carbonyl (C=O) groups is 1. The molecule has 1 N–H and O–H groups in total. The number of carboxylic acids is 1. The largest absolute Gasteiger partial charge is 0.481 e. The third-order valence-electron chi connectivity index (χ3n) is 2.35. The number of nitrogens with zero attached hydrogens (tertiary/aromatic N) is 3. The number of hydrogen-bond acceptors (Lipinski definition) is 3. The zero-order valence-electron chi connectivity index (χ0n) is 8.51. The molecule has 0 aliphatic heterocycles. The van der Waals surface area contributed by atoms with Gasteiger partial charge in [-0.15, -0.1) is 0 Å². The lowest BCUT2D eigenvalue weighted by Crippen LogP contribution is -2.07. The molecule has 2 heterocycles. The second-order valence-electron chi connectivity index (χ2n) is 3.56. The van der Waals surface area contributed by atoms with Gasteiger partial charge in [0, 0.05) is 18.0 Å². The lowest BCUT2D eigenvalue weighted by molar-refractivity contribution is -0.138. The van der Waals surface area contributed by atoms with Crippen molar-refractivity contribution in [1.82, 2.24) is 14.6 Å². The first-order chi connectivity index (χ1) is 7.09. The Hall–Kier alpha value is -1.91. The first-order valence-corrected chi connectivity index (χ1v) is 4.62. The van der Waals surface area contributed by atoms with Crippen LogP contribution in [0.4, 0.5) is 0 Å². The summed E-state index contributed by atoms with van der Waals surface area (Å²) in [6.07, 6.45) is 5.08. The van der Waals surface area contributed by atoms with E-state index in [1.165, 1.54) is 0 Å². The Morgan fingerprint density at radius 1 is 1.53 bits per heavy atom. The summed E-state index contributed by atoms with van der Waals surface area (Å²) in [6.45, 7) is 3.54. The molecule has 1 unspecified atom stereocenters. The standard InChI is InChI=1S/C10H11N3O2/c1-6-3-11-9-8(7(2)10(14)15)4-12-13(9)5-6/h3-5,7H,1-2H3,(H,14,15). The molecule has 2 rings (SSSR count). The van der Waals surface area contributed by atoms with Crippen LogP contribution >= 0.6 is 0 Å². The van der Waals surface area contributed by atoms with Crippen LogP contribution in [-0.2, 0) is 4.79 Å². The Balaban J connectivity index is 2.59. The van der Waals surface area contributed by atoms with Crippen LogP contribution in [-0.4, -0.2) is 25.7 Å². The molecule has 5 nitrogen and oxygen atoms in total. The van der Waals surface area contributed by atoms with Gasteiger partial charge in [-0.25, -0.2) is 9.50 Å². The molecule has 0 aromatic carbocycles. The third kappa shape index (κ3) is 1.56. The molecular formula is C10H11N3O2. The summed E-state index contributed by atoms with van der Waals surface area (Å²) in [6, 6.07) is 0. The van der Waals surface area contributed by atoms with Crippen molar-refractivity contribution in [2.45, 2.75) is 19.8 Å². The fourth-order valence-corrected chi connectivity index (χ4v) is 1.42. The van der Waals surface area contributed by atoms with E-state index in [9.17, 15) is 4.79 Å². The molecular weight excluding hydrogens is 194 g/mol. The van der Waals surface area contributed by atoms with Crippen LogP contribution in [0.15, 0.2) is 18.6 Å². The Morgan fingerprint density at radius 3 is 2.93 bits per heavy atom.